The minimum Gasteiger partial charge on any atom is -0.493 e. The van der Waals surface area contributed by atoms with E-state index in [0.29, 0.717) is 24.3 Å². The zero-order valence-electron chi connectivity index (χ0n) is 15.9. The maximum absolute atomic E-state index is 12.4. The molecule has 3 rings (SSSR count). The molecule has 0 saturated carbocycles. The molecule has 0 bridgehead atoms. The van der Waals surface area contributed by atoms with E-state index in [1.54, 1.807) is 14.2 Å². The molecule has 6 heteroatoms. The van der Waals surface area contributed by atoms with Gasteiger partial charge in [0.1, 0.15) is 0 Å². The molecule has 27 heavy (non-hydrogen) atoms. The van der Waals surface area contributed by atoms with E-state index in [0.717, 1.165) is 29.0 Å². The summed E-state index contributed by atoms with van der Waals surface area (Å²) in [6.45, 7) is 2.29. The van der Waals surface area contributed by atoms with Crippen molar-refractivity contribution in [2.24, 2.45) is 0 Å². The first-order valence-corrected chi connectivity index (χ1v) is 9.04. The summed E-state index contributed by atoms with van der Waals surface area (Å²) in [7, 11) is 3.21. The van der Waals surface area contributed by atoms with Gasteiger partial charge in [-0.05, 0) is 48.2 Å². The van der Waals surface area contributed by atoms with E-state index >= 15 is 0 Å². The summed E-state index contributed by atoms with van der Waals surface area (Å²) >= 11 is 0. The van der Waals surface area contributed by atoms with Crippen molar-refractivity contribution in [3.63, 3.8) is 0 Å². The first-order valence-electron chi connectivity index (χ1n) is 9.04. The van der Waals surface area contributed by atoms with Crippen LogP contribution in [-0.4, -0.2) is 26.9 Å². The van der Waals surface area contributed by atoms with E-state index in [-0.39, 0.29) is 18.7 Å². The van der Waals surface area contributed by atoms with Crippen LogP contribution in [-0.2, 0) is 11.2 Å². The molecule has 0 aromatic heterocycles. The fraction of sp³-hybridized carbons (Fsp3) is 0.381. The molecule has 1 N–H and O–H groups in total. The molecule has 0 unspecified atom stereocenters. The standard InChI is InChI=1S/C21H25NO5/c1-4-16(15-7-9-17(24-2)19(12-15)25-3)22-21(23)10-6-14-5-8-18-20(11-14)27-13-26-18/h5,7-9,11-12,16H,4,6,10,13H2,1-3H3,(H,22,23)/t16-/m1/s1. The van der Waals surface area contributed by atoms with Gasteiger partial charge in [-0.3, -0.25) is 4.79 Å². The predicted octanol–water partition coefficient (Wildman–Crippen LogP) is 3.63. The third-order valence-corrected chi connectivity index (χ3v) is 4.63. The first-order chi connectivity index (χ1) is 13.1. The van der Waals surface area contributed by atoms with Gasteiger partial charge in [-0.15, -0.1) is 0 Å². The normalized spacial score (nSPS) is 13.1. The minimum absolute atomic E-state index is 0.00861. The second-order valence-corrected chi connectivity index (χ2v) is 6.33. The van der Waals surface area contributed by atoms with Crippen LogP contribution in [0.3, 0.4) is 0 Å². The van der Waals surface area contributed by atoms with E-state index in [1.165, 1.54) is 0 Å². The molecule has 1 amide bonds. The molecular weight excluding hydrogens is 346 g/mol. The number of fused-ring (bicyclic) bond motifs is 1. The molecule has 0 aliphatic carbocycles. The number of amides is 1. The van der Waals surface area contributed by atoms with Gasteiger partial charge in [0.15, 0.2) is 23.0 Å². The quantitative estimate of drug-likeness (QED) is 0.768. The van der Waals surface area contributed by atoms with Crippen molar-refractivity contribution in [3.8, 4) is 23.0 Å². The number of rotatable bonds is 8. The Bertz CT molecular complexity index is 805. The van der Waals surface area contributed by atoms with Gasteiger partial charge in [0.05, 0.1) is 20.3 Å². The van der Waals surface area contributed by atoms with Crippen molar-refractivity contribution in [3.05, 3.63) is 47.5 Å². The molecule has 0 fully saturated rings. The van der Waals surface area contributed by atoms with E-state index in [9.17, 15) is 4.79 Å². The zero-order chi connectivity index (χ0) is 19.2. The monoisotopic (exact) mass is 371 g/mol. The van der Waals surface area contributed by atoms with Crippen LogP contribution in [0, 0.1) is 0 Å². The molecule has 6 nitrogen and oxygen atoms in total. The van der Waals surface area contributed by atoms with Crippen LogP contribution in [0.5, 0.6) is 23.0 Å². The molecule has 1 aliphatic heterocycles. The average molecular weight is 371 g/mol. The highest BCUT2D eigenvalue weighted by Gasteiger charge is 2.17. The lowest BCUT2D eigenvalue weighted by molar-refractivity contribution is -0.121. The zero-order valence-corrected chi connectivity index (χ0v) is 15.9. The molecular formula is C21H25NO5. The van der Waals surface area contributed by atoms with Gasteiger partial charge < -0.3 is 24.3 Å². The Hall–Kier alpha value is -2.89. The van der Waals surface area contributed by atoms with Gasteiger partial charge >= 0.3 is 0 Å². The minimum atomic E-state index is -0.0749. The summed E-state index contributed by atoms with van der Waals surface area (Å²) in [6, 6.07) is 11.4. The van der Waals surface area contributed by atoms with E-state index < -0.39 is 0 Å². The van der Waals surface area contributed by atoms with Crippen LogP contribution in [0.2, 0.25) is 0 Å². The van der Waals surface area contributed by atoms with E-state index in [4.69, 9.17) is 18.9 Å². The molecule has 0 radical (unpaired) electrons. The number of carbonyl (C=O) groups excluding carboxylic acids is 1. The molecule has 0 spiro atoms. The molecule has 2 aromatic rings. The number of carbonyl (C=O) groups is 1. The highest BCUT2D eigenvalue weighted by Crippen LogP contribution is 2.33. The highest BCUT2D eigenvalue weighted by molar-refractivity contribution is 5.76. The lowest BCUT2D eigenvalue weighted by Crippen LogP contribution is -2.28. The van der Waals surface area contributed by atoms with Crippen molar-refractivity contribution >= 4 is 5.91 Å². The van der Waals surface area contributed by atoms with Gasteiger partial charge in [-0.1, -0.05) is 19.1 Å². The van der Waals surface area contributed by atoms with Gasteiger partial charge in [0.2, 0.25) is 12.7 Å². The third kappa shape index (κ3) is 4.45. The Morgan fingerprint density at radius 2 is 1.85 bits per heavy atom. The topological polar surface area (TPSA) is 66.0 Å². The Morgan fingerprint density at radius 3 is 2.59 bits per heavy atom. The van der Waals surface area contributed by atoms with Crippen LogP contribution in [0.1, 0.15) is 36.9 Å². The second kappa shape index (κ2) is 8.66. The van der Waals surface area contributed by atoms with Crippen molar-refractivity contribution < 1.29 is 23.7 Å². The fourth-order valence-electron chi connectivity index (χ4n) is 3.11. The number of benzene rings is 2. The lowest BCUT2D eigenvalue weighted by atomic mass is 10.0. The van der Waals surface area contributed by atoms with Crippen LogP contribution in [0.15, 0.2) is 36.4 Å². The van der Waals surface area contributed by atoms with Crippen LogP contribution in [0.25, 0.3) is 0 Å². The maximum atomic E-state index is 12.4. The summed E-state index contributed by atoms with van der Waals surface area (Å²) < 4.78 is 21.3. The molecule has 1 aliphatic rings. The largest absolute Gasteiger partial charge is 0.493 e. The second-order valence-electron chi connectivity index (χ2n) is 6.33. The van der Waals surface area contributed by atoms with Crippen molar-refractivity contribution in [1.82, 2.24) is 5.32 Å². The van der Waals surface area contributed by atoms with Gasteiger partial charge in [0, 0.05) is 6.42 Å². The SMILES string of the molecule is CC[C@@H](NC(=O)CCc1ccc2c(c1)OCO2)c1ccc(OC)c(OC)c1. The van der Waals surface area contributed by atoms with Crippen LogP contribution >= 0.6 is 0 Å². The number of ether oxygens (including phenoxy) is 4. The molecule has 144 valence electrons. The maximum Gasteiger partial charge on any atom is 0.231 e. The molecule has 1 heterocycles. The van der Waals surface area contributed by atoms with Crippen LogP contribution < -0.4 is 24.3 Å². The average Bonchev–Trinajstić information content (AvgIpc) is 3.17. The smallest absolute Gasteiger partial charge is 0.231 e. The Balaban J connectivity index is 1.60. The number of nitrogens with one attached hydrogen (secondary N) is 1. The summed E-state index contributed by atoms with van der Waals surface area (Å²) in [4.78, 5) is 12.4. The van der Waals surface area contributed by atoms with Crippen molar-refractivity contribution in [2.45, 2.75) is 32.2 Å². The summed E-state index contributed by atoms with van der Waals surface area (Å²) in [6.07, 6.45) is 1.83. The fourth-order valence-corrected chi connectivity index (χ4v) is 3.11. The Labute approximate surface area is 159 Å². The summed E-state index contributed by atoms with van der Waals surface area (Å²) in [5, 5.41) is 3.10. The van der Waals surface area contributed by atoms with E-state index in [1.807, 2.05) is 43.3 Å². The van der Waals surface area contributed by atoms with Crippen LogP contribution in [0.4, 0.5) is 0 Å². The lowest BCUT2D eigenvalue weighted by Gasteiger charge is -2.19. The molecule has 1 atom stereocenters. The predicted molar refractivity (Wildman–Crippen MR) is 102 cm³/mol. The number of methoxy groups -OCH3 is 2. The summed E-state index contributed by atoms with van der Waals surface area (Å²) in [5.74, 6) is 2.83. The van der Waals surface area contributed by atoms with E-state index in [2.05, 4.69) is 5.32 Å². The number of aryl methyl sites for hydroxylation is 1. The third-order valence-electron chi connectivity index (χ3n) is 4.63. The highest BCUT2D eigenvalue weighted by atomic mass is 16.7. The van der Waals surface area contributed by atoms with Gasteiger partial charge in [-0.25, -0.2) is 0 Å². The Kier molecular flexibility index (Phi) is 6.06. The number of hydrogen-bond donors (Lipinski definition) is 1. The number of hydrogen-bond acceptors (Lipinski definition) is 5. The molecule has 0 saturated heterocycles. The Morgan fingerprint density at radius 1 is 1.07 bits per heavy atom. The van der Waals surface area contributed by atoms with Crippen molar-refractivity contribution in [1.29, 1.82) is 0 Å². The van der Waals surface area contributed by atoms with Gasteiger partial charge in [-0.2, -0.15) is 0 Å². The van der Waals surface area contributed by atoms with Gasteiger partial charge in [0.25, 0.3) is 0 Å². The summed E-state index contributed by atoms with van der Waals surface area (Å²) in [5.41, 5.74) is 2.04. The van der Waals surface area contributed by atoms with Crippen molar-refractivity contribution in [2.75, 3.05) is 21.0 Å². The molecule has 2 aromatic carbocycles. The first kappa shape index (κ1) is 18.9.